The summed E-state index contributed by atoms with van der Waals surface area (Å²) in [5.41, 5.74) is 2.27. The number of aryl methyl sites for hydroxylation is 1. The average Bonchev–Trinajstić information content (AvgIpc) is 3.16. The maximum absolute atomic E-state index is 13.2. The topological polar surface area (TPSA) is 89.8 Å². The quantitative estimate of drug-likeness (QED) is 0.362. The highest BCUT2D eigenvalue weighted by molar-refractivity contribution is 7.92. The van der Waals surface area contributed by atoms with Crippen LogP contribution in [0.25, 0.3) is 10.2 Å². The van der Waals surface area contributed by atoms with Crippen molar-refractivity contribution in [3.05, 3.63) is 88.7 Å². The molecule has 0 aliphatic rings. The van der Waals surface area contributed by atoms with Crippen LogP contribution in [0.15, 0.2) is 82.7 Å². The summed E-state index contributed by atoms with van der Waals surface area (Å²) in [4.78, 5) is 18.2. The summed E-state index contributed by atoms with van der Waals surface area (Å²) in [6.45, 7) is 5.45. The third kappa shape index (κ3) is 5.27. The molecule has 0 bridgehead atoms. The molecule has 1 heterocycles. The molecular weight excluding hydrogens is 470 g/mol. The molecule has 9 heteroatoms. The van der Waals surface area contributed by atoms with E-state index in [1.54, 1.807) is 36.4 Å². The number of ether oxygens (including phenoxy) is 1. The zero-order valence-corrected chi connectivity index (χ0v) is 20.5. The lowest BCUT2D eigenvalue weighted by Crippen LogP contribution is -2.20. The van der Waals surface area contributed by atoms with Crippen LogP contribution in [-0.4, -0.2) is 32.1 Å². The van der Waals surface area contributed by atoms with Crippen LogP contribution in [0.1, 0.15) is 22.8 Å². The number of thiazole rings is 1. The number of anilines is 1. The van der Waals surface area contributed by atoms with Gasteiger partial charge in [-0.15, -0.1) is 0 Å². The number of nitrogens with zero attached hydrogens (tertiary/aromatic N) is 2. The lowest BCUT2D eigenvalue weighted by Gasteiger charge is -2.11. The van der Waals surface area contributed by atoms with Gasteiger partial charge >= 0.3 is 0 Å². The van der Waals surface area contributed by atoms with Crippen LogP contribution in [0, 0.1) is 6.92 Å². The number of hydrogen-bond acceptors (Lipinski definition) is 5. The summed E-state index contributed by atoms with van der Waals surface area (Å²) < 4.78 is 36.8. The SMILES string of the molecule is CCOCCn1c(=NC(=O)c2ccccc2NS(=O)(=O)c2ccc(C)cc2)sc2ccccc21. The van der Waals surface area contributed by atoms with Crippen LogP contribution < -0.4 is 9.52 Å². The Morgan fingerprint density at radius 1 is 1.03 bits per heavy atom. The molecule has 0 atom stereocenters. The average molecular weight is 496 g/mol. The van der Waals surface area contributed by atoms with Gasteiger partial charge in [0.2, 0.25) is 0 Å². The second-order valence-electron chi connectivity index (χ2n) is 7.58. The first-order valence-corrected chi connectivity index (χ1v) is 13.1. The van der Waals surface area contributed by atoms with E-state index in [2.05, 4.69) is 9.71 Å². The fourth-order valence-corrected chi connectivity index (χ4v) is 5.58. The standard InChI is InChI=1S/C25H25N3O4S2/c1-3-32-17-16-28-22-10-6-7-11-23(22)33-25(28)26-24(29)20-8-4-5-9-21(20)27-34(30,31)19-14-12-18(2)13-15-19/h4-15,27H,3,16-17H2,1-2H3. The highest BCUT2D eigenvalue weighted by atomic mass is 32.2. The Morgan fingerprint density at radius 3 is 2.50 bits per heavy atom. The van der Waals surface area contributed by atoms with Crippen molar-refractivity contribution in [2.24, 2.45) is 4.99 Å². The van der Waals surface area contributed by atoms with Gasteiger partial charge in [0.1, 0.15) is 0 Å². The predicted molar refractivity (Wildman–Crippen MR) is 135 cm³/mol. The van der Waals surface area contributed by atoms with Gasteiger partial charge in [0.05, 0.1) is 33.0 Å². The molecule has 1 N–H and O–H groups in total. The van der Waals surface area contributed by atoms with E-state index >= 15 is 0 Å². The van der Waals surface area contributed by atoms with E-state index in [4.69, 9.17) is 4.74 Å². The molecule has 0 saturated carbocycles. The maximum atomic E-state index is 13.2. The fraction of sp³-hybridized carbons (Fsp3) is 0.200. The van der Waals surface area contributed by atoms with E-state index in [0.717, 1.165) is 15.8 Å². The van der Waals surface area contributed by atoms with E-state index in [-0.39, 0.29) is 16.1 Å². The molecule has 0 radical (unpaired) electrons. The van der Waals surface area contributed by atoms with E-state index < -0.39 is 15.9 Å². The molecule has 4 aromatic rings. The lowest BCUT2D eigenvalue weighted by atomic mass is 10.2. The summed E-state index contributed by atoms with van der Waals surface area (Å²) >= 11 is 1.40. The second kappa shape index (κ2) is 10.3. The van der Waals surface area contributed by atoms with Gasteiger partial charge in [0.15, 0.2) is 4.80 Å². The summed E-state index contributed by atoms with van der Waals surface area (Å²) in [5, 5.41) is 0. The predicted octanol–water partition coefficient (Wildman–Crippen LogP) is 4.59. The van der Waals surface area contributed by atoms with Gasteiger partial charge in [-0.1, -0.05) is 53.3 Å². The number of fused-ring (bicyclic) bond motifs is 1. The molecule has 0 saturated heterocycles. The van der Waals surface area contributed by atoms with Gasteiger partial charge in [-0.05, 0) is 50.2 Å². The number of hydrogen-bond donors (Lipinski definition) is 1. The highest BCUT2D eigenvalue weighted by Crippen LogP contribution is 2.22. The number of carbonyl (C=O) groups is 1. The summed E-state index contributed by atoms with van der Waals surface area (Å²) in [5.74, 6) is -0.529. The summed E-state index contributed by atoms with van der Waals surface area (Å²) in [6, 6.07) is 20.8. The molecule has 0 aliphatic heterocycles. The number of amides is 1. The van der Waals surface area contributed by atoms with Crippen LogP contribution in [0.4, 0.5) is 5.69 Å². The zero-order chi connectivity index (χ0) is 24.1. The van der Waals surface area contributed by atoms with Crippen molar-refractivity contribution in [2.75, 3.05) is 17.9 Å². The van der Waals surface area contributed by atoms with Gasteiger partial charge in [0, 0.05) is 13.2 Å². The maximum Gasteiger partial charge on any atom is 0.281 e. The van der Waals surface area contributed by atoms with Gasteiger partial charge in [-0.3, -0.25) is 9.52 Å². The Balaban J connectivity index is 1.71. The minimum atomic E-state index is -3.87. The molecule has 7 nitrogen and oxygen atoms in total. The summed E-state index contributed by atoms with van der Waals surface area (Å²) in [6.07, 6.45) is 0. The minimum Gasteiger partial charge on any atom is -0.380 e. The lowest BCUT2D eigenvalue weighted by molar-refractivity contribution is 0.0997. The van der Waals surface area contributed by atoms with Gasteiger partial charge < -0.3 is 9.30 Å². The van der Waals surface area contributed by atoms with Crippen molar-refractivity contribution in [1.82, 2.24) is 4.57 Å². The van der Waals surface area contributed by atoms with Crippen molar-refractivity contribution in [3.63, 3.8) is 0 Å². The highest BCUT2D eigenvalue weighted by Gasteiger charge is 2.19. The van der Waals surface area contributed by atoms with E-state index in [1.807, 2.05) is 42.7 Å². The Bertz CT molecular complexity index is 1490. The third-order valence-corrected chi connectivity index (χ3v) is 7.62. The van der Waals surface area contributed by atoms with E-state index in [9.17, 15) is 13.2 Å². The molecule has 1 amide bonds. The second-order valence-corrected chi connectivity index (χ2v) is 10.3. The smallest absolute Gasteiger partial charge is 0.281 e. The van der Waals surface area contributed by atoms with E-state index in [1.165, 1.54) is 23.5 Å². The normalized spacial score (nSPS) is 12.2. The van der Waals surface area contributed by atoms with Crippen molar-refractivity contribution >= 4 is 43.2 Å². The molecule has 0 spiro atoms. The minimum absolute atomic E-state index is 0.121. The monoisotopic (exact) mass is 495 g/mol. The first-order chi connectivity index (χ1) is 16.4. The number of aromatic nitrogens is 1. The molecule has 0 aliphatic carbocycles. The van der Waals surface area contributed by atoms with Crippen molar-refractivity contribution in [3.8, 4) is 0 Å². The number of rotatable bonds is 8. The first-order valence-electron chi connectivity index (χ1n) is 10.8. The molecule has 0 fully saturated rings. The molecule has 0 unspecified atom stereocenters. The van der Waals surface area contributed by atoms with Crippen LogP contribution in [0.5, 0.6) is 0 Å². The zero-order valence-electron chi connectivity index (χ0n) is 18.9. The van der Waals surface area contributed by atoms with E-state index in [0.29, 0.717) is 24.6 Å². The van der Waals surface area contributed by atoms with Crippen LogP contribution in [-0.2, 0) is 21.3 Å². The Kier molecular flexibility index (Phi) is 7.26. The molecular formula is C25H25N3O4S2. The van der Waals surface area contributed by atoms with Crippen LogP contribution in [0.2, 0.25) is 0 Å². The third-order valence-electron chi connectivity index (χ3n) is 5.18. The van der Waals surface area contributed by atoms with Gasteiger partial charge in [-0.25, -0.2) is 8.42 Å². The number of para-hydroxylation sites is 2. The molecule has 34 heavy (non-hydrogen) atoms. The number of nitrogens with one attached hydrogen (secondary N) is 1. The Hall–Kier alpha value is -3.27. The van der Waals surface area contributed by atoms with Crippen LogP contribution >= 0.6 is 11.3 Å². The Morgan fingerprint density at radius 2 is 1.74 bits per heavy atom. The summed E-state index contributed by atoms with van der Waals surface area (Å²) in [7, 11) is -3.87. The van der Waals surface area contributed by atoms with Crippen molar-refractivity contribution in [1.29, 1.82) is 0 Å². The fourth-order valence-electron chi connectivity index (χ4n) is 3.45. The van der Waals surface area contributed by atoms with Gasteiger partial charge in [0.25, 0.3) is 15.9 Å². The van der Waals surface area contributed by atoms with Crippen LogP contribution in [0.3, 0.4) is 0 Å². The van der Waals surface area contributed by atoms with Crippen molar-refractivity contribution < 1.29 is 17.9 Å². The number of carbonyl (C=O) groups excluding carboxylic acids is 1. The molecule has 176 valence electrons. The van der Waals surface area contributed by atoms with Crippen molar-refractivity contribution in [2.45, 2.75) is 25.3 Å². The molecule has 1 aromatic heterocycles. The number of sulfonamides is 1. The largest absolute Gasteiger partial charge is 0.380 e. The molecule has 3 aromatic carbocycles. The number of benzene rings is 3. The first kappa shape index (κ1) is 23.9. The Labute approximate surface area is 202 Å². The molecule has 4 rings (SSSR count). The van der Waals surface area contributed by atoms with Gasteiger partial charge in [-0.2, -0.15) is 4.99 Å².